The lowest BCUT2D eigenvalue weighted by Crippen LogP contribution is -2.39. The molecule has 4 unspecified atom stereocenters. The van der Waals surface area contributed by atoms with Crippen molar-refractivity contribution in [1.82, 2.24) is 10.2 Å². The molecule has 1 N–H and O–H groups in total. The van der Waals surface area contributed by atoms with E-state index in [2.05, 4.69) is 37.9 Å². The summed E-state index contributed by atoms with van der Waals surface area (Å²) in [5.41, 5.74) is 0. The molecule has 2 fully saturated rings. The predicted octanol–water partition coefficient (Wildman–Crippen LogP) is 3.38. The second-order valence-corrected chi connectivity index (χ2v) is 7.62. The summed E-state index contributed by atoms with van der Waals surface area (Å²) in [6.07, 6.45) is 5.73. The molecule has 0 amide bonds. The molecule has 0 radical (unpaired) electrons. The Labute approximate surface area is 120 Å². The lowest BCUT2D eigenvalue weighted by atomic mass is 9.78. The largest absolute Gasteiger partial charge is 0.316 e. The SMILES string of the molecule is CC(C)CNCC1CCN(C2CCC(C)C(C)C2)C1. The van der Waals surface area contributed by atoms with Crippen molar-refractivity contribution in [3.63, 3.8) is 0 Å². The summed E-state index contributed by atoms with van der Waals surface area (Å²) in [5.74, 6) is 3.55. The summed E-state index contributed by atoms with van der Waals surface area (Å²) >= 11 is 0. The first-order valence-electron chi connectivity index (χ1n) is 8.51. The summed E-state index contributed by atoms with van der Waals surface area (Å²) < 4.78 is 0. The lowest BCUT2D eigenvalue weighted by molar-refractivity contribution is 0.127. The van der Waals surface area contributed by atoms with Crippen LogP contribution in [0.1, 0.15) is 53.4 Å². The number of hydrogen-bond acceptors (Lipinski definition) is 2. The Bertz CT molecular complexity index is 264. The minimum absolute atomic E-state index is 0.776. The maximum Gasteiger partial charge on any atom is 0.00981 e. The second-order valence-electron chi connectivity index (χ2n) is 7.62. The normalized spacial score (nSPS) is 37.1. The van der Waals surface area contributed by atoms with Crippen molar-refractivity contribution in [2.75, 3.05) is 26.2 Å². The maximum atomic E-state index is 3.64. The molecule has 19 heavy (non-hydrogen) atoms. The zero-order valence-corrected chi connectivity index (χ0v) is 13.5. The van der Waals surface area contributed by atoms with Crippen LogP contribution in [0.4, 0.5) is 0 Å². The standard InChI is InChI=1S/C17H34N2/c1-13(2)10-18-11-16-7-8-19(12-16)17-6-5-14(3)15(4)9-17/h13-18H,5-12H2,1-4H3. The first-order valence-corrected chi connectivity index (χ1v) is 8.51. The zero-order valence-electron chi connectivity index (χ0n) is 13.5. The van der Waals surface area contributed by atoms with Crippen LogP contribution >= 0.6 is 0 Å². The fourth-order valence-corrected chi connectivity index (χ4v) is 3.79. The van der Waals surface area contributed by atoms with Crippen LogP contribution in [-0.4, -0.2) is 37.1 Å². The molecule has 1 heterocycles. The van der Waals surface area contributed by atoms with Crippen LogP contribution in [0.15, 0.2) is 0 Å². The highest BCUT2D eigenvalue weighted by Crippen LogP contribution is 2.34. The summed E-state index contributed by atoms with van der Waals surface area (Å²) in [4.78, 5) is 2.80. The summed E-state index contributed by atoms with van der Waals surface area (Å²) in [5, 5.41) is 3.64. The molecule has 0 bridgehead atoms. The average molecular weight is 266 g/mol. The molecular formula is C17H34N2. The number of likely N-dealkylation sites (tertiary alicyclic amines) is 1. The van der Waals surface area contributed by atoms with Gasteiger partial charge >= 0.3 is 0 Å². The van der Waals surface area contributed by atoms with Crippen LogP contribution < -0.4 is 5.32 Å². The van der Waals surface area contributed by atoms with Crippen LogP contribution in [0.3, 0.4) is 0 Å². The molecule has 4 atom stereocenters. The molecule has 1 aliphatic carbocycles. The number of rotatable bonds is 5. The summed E-state index contributed by atoms with van der Waals surface area (Å²) in [6, 6.07) is 0.890. The average Bonchev–Trinajstić information content (AvgIpc) is 2.81. The number of hydrogen-bond donors (Lipinski definition) is 1. The first-order chi connectivity index (χ1) is 9.06. The first kappa shape index (κ1) is 15.3. The fraction of sp³-hybridized carbons (Fsp3) is 1.00. The van der Waals surface area contributed by atoms with E-state index in [1.54, 1.807) is 0 Å². The third kappa shape index (κ3) is 4.46. The van der Waals surface area contributed by atoms with Gasteiger partial charge in [0.2, 0.25) is 0 Å². The van der Waals surface area contributed by atoms with E-state index in [-0.39, 0.29) is 0 Å². The molecule has 2 heteroatoms. The van der Waals surface area contributed by atoms with Gasteiger partial charge in [-0.15, -0.1) is 0 Å². The van der Waals surface area contributed by atoms with Crippen molar-refractivity contribution in [1.29, 1.82) is 0 Å². The van der Waals surface area contributed by atoms with Gasteiger partial charge in [-0.25, -0.2) is 0 Å². The van der Waals surface area contributed by atoms with Crippen molar-refractivity contribution in [3.8, 4) is 0 Å². The van der Waals surface area contributed by atoms with E-state index < -0.39 is 0 Å². The minimum Gasteiger partial charge on any atom is -0.316 e. The molecule has 2 nitrogen and oxygen atoms in total. The second kappa shape index (κ2) is 7.08. The van der Waals surface area contributed by atoms with Gasteiger partial charge in [0.25, 0.3) is 0 Å². The van der Waals surface area contributed by atoms with E-state index in [9.17, 15) is 0 Å². The van der Waals surface area contributed by atoms with Gasteiger partial charge in [-0.3, -0.25) is 0 Å². The Hall–Kier alpha value is -0.0800. The molecule has 0 aromatic heterocycles. The molecule has 1 saturated carbocycles. The maximum absolute atomic E-state index is 3.64. The Kier molecular flexibility index (Phi) is 5.70. The molecule has 2 aliphatic rings. The van der Waals surface area contributed by atoms with Crippen molar-refractivity contribution in [2.24, 2.45) is 23.7 Å². The van der Waals surface area contributed by atoms with E-state index >= 15 is 0 Å². The van der Waals surface area contributed by atoms with Gasteiger partial charge in [-0.05, 0) is 69.0 Å². The highest BCUT2D eigenvalue weighted by molar-refractivity contribution is 4.87. The van der Waals surface area contributed by atoms with Gasteiger partial charge in [-0.1, -0.05) is 27.7 Å². The summed E-state index contributed by atoms with van der Waals surface area (Å²) in [7, 11) is 0. The van der Waals surface area contributed by atoms with Gasteiger partial charge in [-0.2, -0.15) is 0 Å². The van der Waals surface area contributed by atoms with E-state index in [1.807, 2.05) is 0 Å². The zero-order chi connectivity index (χ0) is 13.8. The fourth-order valence-electron chi connectivity index (χ4n) is 3.79. The molecule has 0 spiro atoms. The third-order valence-electron chi connectivity index (χ3n) is 5.39. The Balaban J connectivity index is 1.70. The van der Waals surface area contributed by atoms with E-state index in [0.717, 1.165) is 29.7 Å². The van der Waals surface area contributed by atoms with Gasteiger partial charge in [0, 0.05) is 12.6 Å². The monoisotopic (exact) mass is 266 g/mol. The Morgan fingerprint density at radius 2 is 1.89 bits per heavy atom. The highest BCUT2D eigenvalue weighted by atomic mass is 15.2. The van der Waals surface area contributed by atoms with E-state index in [4.69, 9.17) is 0 Å². The molecule has 2 rings (SSSR count). The van der Waals surface area contributed by atoms with Gasteiger partial charge in [0.1, 0.15) is 0 Å². The van der Waals surface area contributed by atoms with Crippen LogP contribution in [-0.2, 0) is 0 Å². The van der Waals surface area contributed by atoms with Crippen molar-refractivity contribution in [3.05, 3.63) is 0 Å². The highest BCUT2D eigenvalue weighted by Gasteiger charge is 2.32. The van der Waals surface area contributed by atoms with E-state index in [0.29, 0.717) is 0 Å². The van der Waals surface area contributed by atoms with E-state index in [1.165, 1.54) is 51.9 Å². The van der Waals surface area contributed by atoms with Crippen molar-refractivity contribution >= 4 is 0 Å². The third-order valence-corrected chi connectivity index (χ3v) is 5.39. The number of nitrogens with one attached hydrogen (secondary N) is 1. The number of nitrogens with zero attached hydrogens (tertiary/aromatic N) is 1. The minimum atomic E-state index is 0.776. The molecular weight excluding hydrogens is 232 g/mol. The van der Waals surface area contributed by atoms with Crippen molar-refractivity contribution in [2.45, 2.75) is 59.4 Å². The quantitative estimate of drug-likeness (QED) is 0.820. The summed E-state index contributed by atoms with van der Waals surface area (Å²) in [6.45, 7) is 14.6. The molecule has 1 aliphatic heterocycles. The van der Waals surface area contributed by atoms with Crippen LogP contribution in [0.2, 0.25) is 0 Å². The van der Waals surface area contributed by atoms with Gasteiger partial charge in [0.05, 0.1) is 0 Å². The van der Waals surface area contributed by atoms with Gasteiger partial charge < -0.3 is 10.2 Å². The predicted molar refractivity (Wildman–Crippen MR) is 83.4 cm³/mol. The Morgan fingerprint density at radius 3 is 2.58 bits per heavy atom. The molecule has 0 aromatic carbocycles. The topological polar surface area (TPSA) is 15.3 Å². The van der Waals surface area contributed by atoms with Crippen LogP contribution in [0.25, 0.3) is 0 Å². The Morgan fingerprint density at radius 1 is 1.11 bits per heavy atom. The van der Waals surface area contributed by atoms with Crippen LogP contribution in [0.5, 0.6) is 0 Å². The smallest absolute Gasteiger partial charge is 0.00981 e. The van der Waals surface area contributed by atoms with Gasteiger partial charge in [0.15, 0.2) is 0 Å². The van der Waals surface area contributed by atoms with Crippen LogP contribution in [0, 0.1) is 23.7 Å². The molecule has 0 aromatic rings. The lowest BCUT2D eigenvalue weighted by Gasteiger charge is -2.37. The van der Waals surface area contributed by atoms with Crippen molar-refractivity contribution < 1.29 is 0 Å². The molecule has 112 valence electrons. The molecule has 1 saturated heterocycles.